The van der Waals surface area contributed by atoms with Crippen LogP contribution in [0.3, 0.4) is 0 Å². The van der Waals surface area contributed by atoms with E-state index >= 15 is 0 Å². The highest BCUT2D eigenvalue weighted by molar-refractivity contribution is 5.90. The van der Waals surface area contributed by atoms with Crippen molar-refractivity contribution in [2.75, 3.05) is 18.5 Å². The molecule has 1 rings (SSSR count). The maximum atomic E-state index is 11.5. The van der Waals surface area contributed by atoms with Crippen LogP contribution in [0.2, 0.25) is 0 Å². The third-order valence-corrected chi connectivity index (χ3v) is 2.08. The van der Waals surface area contributed by atoms with Gasteiger partial charge >= 0.3 is 0 Å². The summed E-state index contributed by atoms with van der Waals surface area (Å²) in [5, 5.41) is 2.80. The Morgan fingerprint density at radius 1 is 1.53 bits per heavy atom. The number of amides is 1. The second-order valence-electron chi connectivity index (χ2n) is 3.54. The number of carbonyl (C=O) groups excluding carboxylic acids is 1. The van der Waals surface area contributed by atoms with Crippen molar-refractivity contribution in [1.29, 1.82) is 0 Å². The topological polar surface area (TPSA) is 64.3 Å². The van der Waals surface area contributed by atoms with Crippen LogP contribution in [0.1, 0.15) is 12.8 Å². The number of benzene rings is 1. The number of allylic oxidation sites excluding steroid dienone is 1. The van der Waals surface area contributed by atoms with E-state index in [2.05, 4.69) is 11.9 Å². The maximum absolute atomic E-state index is 11.5. The second kappa shape index (κ2) is 7.46. The van der Waals surface area contributed by atoms with Crippen LogP contribution in [-0.2, 0) is 4.79 Å². The summed E-state index contributed by atoms with van der Waals surface area (Å²) in [5.41, 5.74) is 6.08. The van der Waals surface area contributed by atoms with Crippen LogP contribution in [0.5, 0.6) is 5.75 Å². The van der Waals surface area contributed by atoms with Gasteiger partial charge in [-0.25, -0.2) is 0 Å². The Morgan fingerprint density at radius 3 is 3.06 bits per heavy atom. The van der Waals surface area contributed by atoms with E-state index in [-0.39, 0.29) is 5.91 Å². The minimum absolute atomic E-state index is 0.0270. The second-order valence-corrected chi connectivity index (χ2v) is 3.54. The fourth-order valence-electron chi connectivity index (χ4n) is 1.30. The van der Waals surface area contributed by atoms with Crippen LogP contribution < -0.4 is 15.8 Å². The van der Waals surface area contributed by atoms with Gasteiger partial charge in [0.1, 0.15) is 12.4 Å². The molecular formula is C13H18N2O2. The van der Waals surface area contributed by atoms with Gasteiger partial charge in [-0.15, -0.1) is 6.58 Å². The Morgan fingerprint density at radius 2 is 2.35 bits per heavy atom. The fraction of sp³-hybridized carbons (Fsp3) is 0.308. The summed E-state index contributed by atoms with van der Waals surface area (Å²) in [6, 6.07) is 7.26. The molecule has 0 spiro atoms. The van der Waals surface area contributed by atoms with Gasteiger partial charge in [0.15, 0.2) is 0 Å². The number of anilines is 1. The van der Waals surface area contributed by atoms with Crippen molar-refractivity contribution >= 4 is 11.6 Å². The molecule has 92 valence electrons. The van der Waals surface area contributed by atoms with Crippen molar-refractivity contribution in [3.63, 3.8) is 0 Å². The van der Waals surface area contributed by atoms with E-state index in [9.17, 15) is 4.79 Å². The predicted octanol–water partition coefficient (Wildman–Crippen LogP) is 1.93. The number of rotatable bonds is 7. The number of hydrogen-bond donors (Lipinski definition) is 2. The van der Waals surface area contributed by atoms with Crippen LogP contribution in [0.25, 0.3) is 0 Å². The highest BCUT2D eigenvalue weighted by atomic mass is 16.5. The fourth-order valence-corrected chi connectivity index (χ4v) is 1.30. The third-order valence-electron chi connectivity index (χ3n) is 2.08. The quantitative estimate of drug-likeness (QED) is 0.708. The number of hydrogen-bond acceptors (Lipinski definition) is 3. The predicted molar refractivity (Wildman–Crippen MR) is 69.1 cm³/mol. The molecule has 4 nitrogen and oxygen atoms in total. The lowest BCUT2D eigenvalue weighted by atomic mass is 10.2. The van der Waals surface area contributed by atoms with Crippen molar-refractivity contribution in [2.24, 2.45) is 5.73 Å². The molecule has 1 amide bonds. The highest BCUT2D eigenvalue weighted by Crippen LogP contribution is 2.17. The summed E-state index contributed by atoms with van der Waals surface area (Å²) < 4.78 is 5.37. The Bertz CT molecular complexity index is 377. The minimum Gasteiger partial charge on any atom is -0.492 e. The van der Waals surface area contributed by atoms with Gasteiger partial charge in [0.25, 0.3) is 0 Å². The maximum Gasteiger partial charge on any atom is 0.224 e. The molecule has 4 heteroatoms. The molecule has 1 aromatic carbocycles. The zero-order chi connectivity index (χ0) is 12.5. The first kappa shape index (κ1) is 13.3. The summed E-state index contributed by atoms with van der Waals surface area (Å²) >= 11 is 0. The number of nitrogens with two attached hydrogens (primary N) is 1. The van der Waals surface area contributed by atoms with Gasteiger partial charge in [0, 0.05) is 24.7 Å². The molecule has 0 unspecified atom stereocenters. The summed E-state index contributed by atoms with van der Waals surface area (Å²) in [7, 11) is 0. The van der Waals surface area contributed by atoms with E-state index in [4.69, 9.17) is 10.5 Å². The number of nitrogens with one attached hydrogen (secondary N) is 1. The zero-order valence-corrected chi connectivity index (χ0v) is 9.82. The van der Waals surface area contributed by atoms with Gasteiger partial charge in [-0.3, -0.25) is 4.79 Å². The molecule has 0 bridgehead atoms. The molecule has 0 aliphatic heterocycles. The van der Waals surface area contributed by atoms with E-state index in [0.717, 1.165) is 5.69 Å². The van der Waals surface area contributed by atoms with Gasteiger partial charge < -0.3 is 15.8 Å². The lowest BCUT2D eigenvalue weighted by Gasteiger charge is -2.08. The average molecular weight is 234 g/mol. The van der Waals surface area contributed by atoms with Crippen molar-refractivity contribution < 1.29 is 9.53 Å². The molecular weight excluding hydrogens is 216 g/mol. The normalized spacial score (nSPS) is 9.71. The van der Waals surface area contributed by atoms with Gasteiger partial charge in [-0.05, 0) is 18.6 Å². The molecule has 3 N–H and O–H groups in total. The first-order chi connectivity index (χ1) is 8.26. The van der Waals surface area contributed by atoms with E-state index in [1.54, 1.807) is 12.1 Å². The molecule has 0 aliphatic carbocycles. The van der Waals surface area contributed by atoms with Crippen LogP contribution >= 0.6 is 0 Å². The van der Waals surface area contributed by atoms with Crippen molar-refractivity contribution in [3.05, 3.63) is 36.9 Å². The molecule has 0 aromatic heterocycles. The van der Waals surface area contributed by atoms with Gasteiger partial charge in [-0.2, -0.15) is 0 Å². The number of carbonyl (C=O) groups is 1. The highest BCUT2D eigenvalue weighted by Gasteiger charge is 2.02. The van der Waals surface area contributed by atoms with Crippen LogP contribution in [0.15, 0.2) is 36.9 Å². The Kier molecular flexibility index (Phi) is 5.82. The molecule has 0 heterocycles. The van der Waals surface area contributed by atoms with Crippen LogP contribution in [0, 0.1) is 0 Å². The van der Waals surface area contributed by atoms with Gasteiger partial charge in [0.2, 0.25) is 5.91 Å². The van der Waals surface area contributed by atoms with Crippen molar-refractivity contribution in [3.8, 4) is 5.75 Å². The third kappa shape index (κ3) is 5.17. The smallest absolute Gasteiger partial charge is 0.224 e. The lowest BCUT2D eigenvalue weighted by Crippen LogP contribution is -2.12. The first-order valence-electron chi connectivity index (χ1n) is 5.60. The SMILES string of the molecule is C=CCCC(=O)Nc1cccc(OCCN)c1. The standard InChI is InChI=1S/C13H18N2O2/c1-2-3-7-13(16)15-11-5-4-6-12(10-11)17-9-8-14/h2,4-6,10H,1,3,7-9,14H2,(H,15,16). The molecule has 0 fully saturated rings. The van der Waals surface area contributed by atoms with Crippen molar-refractivity contribution in [2.45, 2.75) is 12.8 Å². The van der Waals surface area contributed by atoms with Crippen molar-refractivity contribution in [1.82, 2.24) is 0 Å². The molecule has 0 atom stereocenters. The van der Waals surface area contributed by atoms with E-state index in [1.165, 1.54) is 0 Å². The average Bonchev–Trinajstić information content (AvgIpc) is 2.34. The van der Waals surface area contributed by atoms with E-state index in [0.29, 0.717) is 31.7 Å². The number of ether oxygens (including phenoxy) is 1. The summed E-state index contributed by atoms with van der Waals surface area (Å²) in [6.07, 6.45) is 2.84. The monoisotopic (exact) mass is 234 g/mol. The molecule has 17 heavy (non-hydrogen) atoms. The summed E-state index contributed by atoms with van der Waals surface area (Å²) in [4.78, 5) is 11.5. The summed E-state index contributed by atoms with van der Waals surface area (Å²) in [5.74, 6) is 0.679. The Hall–Kier alpha value is -1.81. The summed E-state index contributed by atoms with van der Waals surface area (Å²) in [6.45, 7) is 4.51. The molecule has 0 saturated heterocycles. The van der Waals surface area contributed by atoms with Crippen LogP contribution in [-0.4, -0.2) is 19.1 Å². The minimum atomic E-state index is -0.0270. The molecule has 0 saturated carbocycles. The Balaban J connectivity index is 2.52. The molecule has 0 aliphatic rings. The first-order valence-corrected chi connectivity index (χ1v) is 5.60. The van der Waals surface area contributed by atoms with Gasteiger partial charge in [-0.1, -0.05) is 12.1 Å². The molecule has 1 aromatic rings. The zero-order valence-electron chi connectivity index (χ0n) is 9.82. The van der Waals surface area contributed by atoms with E-state index in [1.807, 2.05) is 18.2 Å². The molecule has 0 radical (unpaired) electrons. The lowest BCUT2D eigenvalue weighted by molar-refractivity contribution is -0.116. The van der Waals surface area contributed by atoms with Gasteiger partial charge in [0.05, 0.1) is 0 Å². The Labute approximate surface area is 101 Å². The van der Waals surface area contributed by atoms with Crippen LogP contribution in [0.4, 0.5) is 5.69 Å². The van der Waals surface area contributed by atoms with E-state index < -0.39 is 0 Å². The largest absolute Gasteiger partial charge is 0.492 e.